The third-order valence-electron chi connectivity index (χ3n) is 2.55. The number of nitrogens with zero attached hydrogens (tertiary/aromatic N) is 2. The molecule has 94 valence electrons. The number of carbonyl (C=O) groups excluding carboxylic acids is 1. The molecule has 0 aliphatic heterocycles. The highest BCUT2D eigenvalue weighted by molar-refractivity contribution is 5.80. The lowest BCUT2D eigenvalue weighted by molar-refractivity contribution is -0.120. The Bertz CT molecular complexity index is 509. The third kappa shape index (κ3) is 3.31. The molecule has 4 N–H and O–H groups in total. The lowest BCUT2D eigenvalue weighted by Gasteiger charge is -2.06. The van der Waals surface area contributed by atoms with Crippen LogP contribution in [0.25, 0.3) is 0 Å². The fourth-order valence-electron chi connectivity index (χ4n) is 1.60. The van der Waals surface area contributed by atoms with Gasteiger partial charge in [-0.25, -0.2) is 4.98 Å². The maximum absolute atomic E-state index is 11.7. The predicted molar refractivity (Wildman–Crippen MR) is 67.7 cm³/mol. The second-order valence-electron chi connectivity index (χ2n) is 3.91. The van der Waals surface area contributed by atoms with Gasteiger partial charge in [-0.1, -0.05) is 18.2 Å². The van der Waals surface area contributed by atoms with Gasteiger partial charge in [0.25, 0.3) is 0 Å². The summed E-state index contributed by atoms with van der Waals surface area (Å²) in [7, 11) is 0. The smallest absolute Gasteiger partial charge is 0.224 e. The molecule has 6 heteroatoms. The topological polar surface area (TPSA) is 96.7 Å². The quantitative estimate of drug-likeness (QED) is 0.659. The number of carbonyl (C=O) groups is 1. The van der Waals surface area contributed by atoms with Crippen LogP contribution in [0.2, 0.25) is 0 Å². The summed E-state index contributed by atoms with van der Waals surface area (Å²) in [6, 6.07) is 7.36. The Morgan fingerprint density at radius 3 is 2.94 bits per heavy atom. The summed E-state index contributed by atoms with van der Waals surface area (Å²) in [5.74, 6) is 0.710. The number of aromatic nitrogens is 3. The van der Waals surface area contributed by atoms with Gasteiger partial charge in [-0.05, 0) is 11.6 Å². The van der Waals surface area contributed by atoms with Crippen molar-refractivity contribution in [2.45, 2.75) is 12.8 Å². The Balaban J connectivity index is 1.77. The predicted octanol–water partition coefficient (Wildman–Crippen LogP) is 0.288. The van der Waals surface area contributed by atoms with Crippen LogP contribution in [0.1, 0.15) is 11.4 Å². The minimum absolute atomic E-state index is 0.0487. The van der Waals surface area contributed by atoms with Gasteiger partial charge in [0.1, 0.15) is 12.2 Å². The van der Waals surface area contributed by atoms with E-state index in [2.05, 4.69) is 20.5 Å². The number of nitrogen functional groups attached to an aromatic ring is 1. The molecule has 6 nitrogen and oxygen atoms in total. The summed E-state index contributed by atoms with van der Waals surface area (Å²) in [5, 5.41) is 9.29. The Morgan fingerprint density at radius 2 is 2.22 bits per heavy atom. The Kier molecular flexibility index (Phi) is 3.90. The number of nitrogens with one attached hydrogen (secondary N) is 2. The molecule has 0 unspecified atom stereocenters. The van der Waals surface area contributed by atoms with Crippen LogP contribution in [0.5, 0.6) is 0 Å². The molecule has 0 aliphatic rings. The van der Waals surface area contributed by atoms with Gasteiger partial charge < -0.3 is 11.1 Å². The van der Waals surface area contributed by atoms with Crippen molar-refractivity contribution in [2.75, 3.05) is 12.3 Å². The van der Waals surface area contributed by atoms with Crippen molar-refractivity contribution in [3.05, 3.63) is 42.0 Å². The van der Waals surface area contributed by atoms with Crippen molar-refractivity contribution in [3.8, 4) is 0 Å². The van der Waals surface area contributed by atoms with Gasteiger partial charge in [0, 0.05) is 18.7 Å². The van der Waals surface area contributed by atoms with Crippen LogP contribution < -0.4 is 11.1 Å². The van der Waals surface area contributed by atoms with Gasteiger partial charge in [-0.15, -0.1) is 0 Å². The van der Waals surface area contributed by atoms with Gasteiger partial charge in [0.15, 0.2) is 0 Å². The molecule has 0 saturated heterocycles. The molecule has 0 bridgehead atoms. The number of benzene rings is 1. The molecule has 0 radical (unpaired) electrons. The molecular formula is C12H15N5O. The number of hydrogen-bond donors (Lipinski definition) is 3. The minimum atomic E-state index is -0.0487. The molecule has 18 heavy (non-hydrogen) atoms. The number of aromatic amines is 1. The maximum Gasteiger partial charge on any atom is 0.224 e. The van der Waals surface area contributed by atoms with Crippen LogP contribution in [-0.2, 0) is 17.6 Å². The first-order chi connectivity index (χ1) is 8.75. The highest BCUT2D eigenvalue weighted by Gasteiger charge is 2.05. The molecular weight excluding hydrogens is 230 g/mol. The number of nitrogens with two attached hydrogens (primary N) is 1. The standard InChI is InChI=1S/C12H15N5O/c13-10-4-2-1-3-9(10)7-12(18)14-6-5-11-15-8-16-17-11/h1-4,8H,5-7,13H2,(H,14,18)(H,15,16,17). The molecule has 1 heterocycles. The molecule has 2 aromatic rings. The lowest BCUT2D eigenvalue weighted by Crippen LogP contribution is -2.27. The van der Waals surface area contributed by atoms with Gasteiger partial charge >= 0.3 is 0 Å². The van der Waals surface area contributed by atoms with Crippen molar-refractivity contribution in [1.82, 2.24) is 20.5 Å². The van der Waals surface area contributed by atoms with E-state index in [4.69, 9.17) is 5.73 Å². The average Bonchev–Trinajstić information content (AvgIpc) is 2.85. The third-order valence-corrected chi connectivity index (χ3v) is 2.55. The van der Waals surface area contributed by atoms with Crippen molar-refractivity contribution >= 4 is 11.6 Å². The molecule has 1 aromatic carbocycles. The van der Waals surface area contributed by atoms with Gasteiger partial charge in [0.2, 0.25) is 5.91 Å². The second kappa shape index (κ2) is 5.81. The molecule has 0 saturated carbocycles. The molecule has 0 spiro atoms. The minimum Gasteiger partial charge on any atom is -0.398 e. The van der Waals surface area contributed by atoms with Gasteiger partial charge in [-0.2, -0.15) is 5.10 Å². The first-order valence-electron chi connectivity index (χ1n) is 5.70. The number of rotatable bonds is 5. The van der Waals surface area contributed by atoms with E-state index in [0.717, 1.165) is 11.4 Å². The first kappa shape index (κ1) is 12.1. The van der Waals surface area contributed by atoms with Crippen molar-refractivity contribution in [1.29, 1.82) is 0 Å². The van der Waals surface area contributed by atoms with Crippen LogP contribution in [0.15, 0.2) is 30.6 Å². The van der Waals surface area contributed by atoms with E-state index in [-0.39, 0.29) is 5.91 Å². The summed E-state index contributed by atoms with van der Waals surface area (Å²) in [5.41, 5.74) is 7.26. The van der Waals surface area contributed by atoms with Crippen molar-refractivity contribution in [2.24, 2.45) is 0 Å². The first-order valence-corrected chi connectivity index (χ1v) is 5.70. The van der Waals surface area contributed by atoms with E-state index in [1.54, 1.807) is 6.07 Å². The highest BCUT2D eigenvalue weighted by Crippen LogP contribution is 2.10. The summed E-state index contributed by atoms with van der Waals surface area (Å²) in [4.78, 5) is 15.7. The number of hydrogen-bond acceptors (Lipinski definition) is 4. The second-order valence-corrected chi connectivity index (χ2v) is 3.91. The van der Waals surface area contributed by atoms with E-state index in [1.807, 2.05) is 18.2 Å². The zero-order chi connectivity index (χ0) is 12.8. The SMILES string of the molecule is Nc1ccccc1CC(=O)NCCc1ncn[nH]1. The zero-order valence-corrected chi connectivity index (χ0v) is 9.89. The van der Waals surface area contributed by atoms with Crippen LogP contribution in [0, 0.1) is 0 Å². The molecule has 1 aromatic heterocycles. The monoisotopic (exact) mass is 245 g/mol. The van der Waals surface area contributed by atoms with Crippen LogP contribution >= 0.6 is 0 Å². The van der Waals surface area contributed by atoms with Crippen molar-refractivity contribution in [3.63, 3.8) is 0 Å². The van der Waals surface area contributed by atoms with E-state index in [9.17, 15) is 4.79 Å². The maximum atomic E-state index is 11.7. The van der Waals surface area contributed by atoms with Gasteiger partial charge in [0.05, 0.1) is 6.42 Å². The zero-order valence-electron chi connectivity index (χ0n) is 9.89. The Morgan fingerprint density at radius 1 is 1.39 bits per heavy atom. The molecule has 0 aliphatic carbocycles. The van der Waals surface area contributed by atoms with Crippen LogP contribution in [-0.4, -0.2) is 27.6 Å². The fourth-order valence-corrected chi connectivity index (χ4v) is 1.60. The van der Waals surface area contributed by atoms with Crippen LogP contribution in [0.3, 0.4) is 0 Å². The van der Waals surface area contributed by atoms with E-state index >= 15 is 0 Å². The molecule has 2 rings (SSSR count). The summed E-state index contributed by atoms with van der Waals surface area (Å²) in [6.45, 7) is 0.529. The largest absolute Gasteiger partial charge is 0.398 e. The lowest BCUT2D eigenvalue weighted by atomic mass is 10.1. The van der Waals surface area contributed by atoms with Crippen molar-refractivity contribution < 1.29 is 4.79 Å². The normalized spacial score (nSPS) is 10.2. The summed E-state index contributed by atoms with van der Waals surface area (Å²) in [6.07, 6.45) is 2.38. The Hall–Kier alpha value is -2.37. The highest BCUT2D eigenvalue weighted by atomic mass is 16.1. The molecule has 1 amide bonds. The van der Waals surface area contributed by atoms with E-state index in [1.165, 1.54) is 6.33 Å². The van der Waals surface area contributed by atoms with E-state index in [0.29, 0.717) is 25.1 Å². The fraction of sp³-hybridized carbons (Fsp3) is 0.250. The molecule has 0 fully saturated rings. The summed E-state index contributed by atoms with van der Waals surface area (Å²) < 4.78 is 0. The number of amides is 1. The van der Waals surface area contributed by atoms with E-state index < -0.39 is 0 Å². The number of para-hydroxylation sites is 1. The summed E-state index contributed by atoms with van der Waals surface area (Å²) >= 11 is 0. The molecule has 0 atom stereocenters. The van der Waals surface area contributed by atoms with Crippen LogP contribution in [0.4, 0.5) is 5.69 Å². The average molecular weight is 245 g/mol. The number of anilines is 1. The Labute approximate surface area is 105 Å². The van der Waals surface area contributed by atoms with Gasteiger partial charge in [-0.3, -0.25) is 9.89 Å². The number of H-pyrrole nitrogens is 1.